The number of hydrogen-bond donors (Lipinski definition) is 1. The molecule has 0 spiro atoms. The molecule has 12 heavy (non-hydrogen) atoms. The molecule has 0 atom stereocenters. The van der Waals surface area contributed by atoms with Crippen LogP contribution in [0.5, 0.6) is 0 Å². The summed E-state index contributed by atoms with van der Waals surface area (Å²) in [5, 5.41) is 0. The van der Waals surface area contributed by atoms with Gasteiger partial charge in [0.05, 0.1) is 0 Å². The molecule has 0 unspecified atom stereocenters. The maximum Gasteiger partial charge on any atom is -0.00597 e. The van der Waals surface area contributed by atoms with Crippen LogP contribution in [0, 0.1) is 5.41 Å². The standard InChI is InChI=1S/C11H19N/c1-10(7-9-12)6-5-8-11(2,3)4/h5-9H,12H2,1-4H3/b8-5?,9-7-,10-6-. The summed E-state index contributed by atoms with van der Waals surface area (Å²) in [7, 11) is 0. The SMILES string of the molecule is CC(/C=C\N)=C/C=CC(C)(C)C. The highest BCUT2D eigenvalue weighted by atomic mass is 14.5. The Morgan fingerprint density at radius 3 is 2.25 bits per heavy atom. The van der Waals surface area contributed by atoms with E-state index in [1.165, 1.54) is 0 Å². The Kier molecular flexibility index (Phi) is 4.42. The molecule has 0 saturated carbocycles. The van der Waals surface area contributed by atoms with Crippen molar-refractivity contribution in [3.63, 3.8) is 0 Å². The highest BCUT2D eigenvalue weighted by Gasteiger charge is 2.01. The fourth-order valence-corrected chi connectivity index (χ4v) is 0.696. The molecule has 0 aliphatic heterocycles. The Morgan fingerprint density at radius 1 is 1.25 bits per heavy atom. The number of rotatable bonds is 2. The molecule has 0 aliphatic carbocycles. The van der Waals surface area contributed by atoms with E-state index in [2.05, 4.69) is 39.0 Å². The lowest BCUT2D eigenvalue weighted by Gasteiger charge is -2.09. The van der Waals surface area contributed by atoms with Crippen LogP contribution in [-0.2, 0) is 0 Å². The fraction of sp³-hybridized carbons (Fsp3) is 0.455. The van der Waals surface area contributed by atoms with Gasteiger partial charge in [-0.05, 0) is 30.2 Å². The minimum absolute atomic E-state index is 0.253. The second-order valence-electron chi connectivity index (χ2n) is 3.99. The van der Waals surface area contributed by atoms with Gasteiger partial charge in [-0.25, -0.2) is 0 Å². The van der Waals surface area contributed by atoms with E-state index in [1.807, 2.05) is 13.0 Å². The van der Waals surface area contributed by atoms with Crippen molar-refractivity contribution >= 4 is 0 Å². The predicted molar refractivity (Wildman–Crippen MR) is 55.7 cm³/mol. The first-order chi connectivity index (χ1) is 5.45. The Bertz CT molecular complexity index is 202. The van der Waals surface area contributed by atoms with Gasteiger partial charge in [-0.15, -0.1) is 0 Å². The molecule has 0 aliphatic rings. The quantitative estimate of drug-likeness (QED) is 0.625. The van der Waals surface area contributed by atoms with Gasteiger partial charge < -0.3 is 5.73 Å². The first kappa shape index (κ1) is 11.0. The van der Waals surface area contributed by atoms with Crippen LogP contribution in [0.25, 0.3) is 0 Å². The molecule has 2 N–H and O–H groups in total. The summed E-state index contributed by atoms with van der Waals surface area (Å²) in [6.07, 6.45) is 9.72. The van der Waals surface area contributed by atoms with E-state index < -0.39 is 0 Å². The zero-order valence-electron chi connectivity index (χ0n) is 8.46. The van der Waals surface area contributed by atoms with Crippen molar-refractivity contribution in [2.45, 2.75) is 27.7 Å². The average molecular weight is 165 g/mol. The summed E-state index contributed by atoms with van der Waals surface area (Å²) in [6, 6.07) is 0. The molecule has 0 saturated heterocycles. The van der Waals surface area contributed by atoms with Crippen molar-refractivity contribution in [3.8, 4) is 0 Å². The summed E-state index contributed by atoms with van der Waals surface area (Å²) in [6.45, 7) is 8.54. The van der Waals surface area contributed by atoms with Gasteiger partial charge in [-0.3, -0.25) is 0 Å². The van der Waals surface area contributed by atoms with Crippen LogP contribution in [0.1, 0.15) is 27.7 Å². The van der Waals surface area contributed by atoms with Gasteiger partial charge in [0.25, 0.3) is 0 Å². The number of allylic oxidation sites excluding steroid dienone is 5. The van der Waals surface area contributed by atoms with Crippen molar-refractivity contribution in [1.82, 2.24) is 0 Å². The molecule has 0 radical (unpaired) electrons. The van der Waals surface area contributed by atoms with Crippen LogP contribution < -0.4 is 5.73 Å². The average Bonchev–Trinajstić information content (AvgIpc) is 1.84. The lowest BCUT2D eigenvalue weighted by molar-refractivity contribution is 0.544. The second-order valence-corrected chi connectivity index (χ2v) is 3.99. The Balaban J connectivity index is 4.12. The first-order valence-electron chi connectivity index (χ1n) is 4.20. The molecular formula is C11H19N. The van der Waals surface area contributed by atoms with Crippen molar-refractivity contribution in [2.24, 2.45) is 11.1 Å². The highest BCUT2D eigenvalue weighted by Crippen LogP contribution is 2.14. The van der Waals surface area contributed by atoms with Crippen LogP contribution in [0.4, 0.5) is 0 Å². The molecule has 0 aromatic rings. The predicted octanol–water partition coefficient (Wildman–Crippen LogP) is 3.01. The molecule has 0 aromatic heterocycles. The molecule has 1 heteroatoms. The van der Waals surface area contributed by atoms with Gasteiger partial charge in [0.2, 0.25) is 0 Å². The van der Waals surface area contributed by atoms with E-state index >= 15 is 0 Å². The molecule has 0 aromatic carbocycles. The molecule has 0 bridgehead atoms. The molecule has 1 nitrogen and oxygen atoms in total. The lowest BCUT2D eigenvalue weighted by atomic mass is 9.96. The smallest absolute Gasteiger partial charge is 0.00597 e. The Labute approximate surface area is 75.7 Å². The zero-order valence-corrected chi connectivity index (χ0v) is 8.46. The number of nitrogens with two attached hydrogens (primary N) is 1. The van der Waals surface area contributed by atoms with Gasteiger partial charge >= 0.3 is 0 Å². The molecule has 0 amide bonds. The zero-order chi connectivity index (χ0) is 9.61. The van der Waals surface area contributed by atoms with Crippen LogP contribution in [0.2, 0.25) is 0 Å². The highest BCUT2D eigenvalue weighted by molar-refractivity contribution is 5.21. The second kappa shape index (κ2) is 4.81. The Hall–Kier alpha value is -0.980. The van der Waals surface area contributed by atoms with E-state index in [0.717, 1.165) is 5.57 Å². The summed E-state index contributed by atoms with van der Waals surface area (Å²) in [5.74, 6) is 0. The molecule has 0 fully saturated rings. The third-order valence-corrected chi connectivity index (χ3v) is 1.31. The molecular weight excluding hydrogens is 146 g/mol. The van der Waals surface area contributed by atoms with Crippen molar-refractivity contribution in [2.75, 3.05) is 0 Å². The monoisotopic (exact) mass is 165 g/mol. The topological polar surface area (TPSA) is 26.0 Å². The Morgan fingerprint density at radius 2 is 1.83 bits per heavy atom. The molecule has 0 rings (SSSR count). The van der Waals surface area contributed by atoms with Crippen molar-refractivity contribution < 1.29 is 0 Å². The maximum absolute atomic E-state index is 5.24. The molecule has 68 valence electrons. The van der Waals surface area contributed by atoms with E-state index in [-0.39, 0.29) is 5.41 Å². The van der Waals surface area contributed by atoms with Crippen molar-refractivity contribution in [1.29, 1.82) is 0 Å². The van der Waals surface area contributed by atoms with Crippen LogP contribution >= 0.6 is 0 Å². The third kappa shape index (κ3) is 7.13. The van der Waals surface area contributed by atoms with Crippen molar-refractivity contribution in [3.05, 3.63) is 36.1 Å². The van der Waals surface area contributed by atoms with Crippen LogP contribution in [0.15, 0.2) is 36.1 Å². The lowest BCUT2D eigenvalue weighted by Crippen LogP contribution is -1.97. The van der Waals surface area contributed by atoms with E-state index in [4.69, 9.17) is 5.73 Å². The van der Waals surface area contributed by atoms with E-state index in [9.17, 15) is 0 Å². The molecule has 0 heterocycles. The summed E-state index contributed by atoms with van der Waals surface area (Å²) in [4.78, 5) is 0. The maximum atomic E-state index is 5.24. The van der Waals surface area contributed by atoms with E-state index in [0.29, 0.717) is 0 Å². The normalized spacial score (nSPS) is 14.8. The van der Waals surface area contributed by atoms with E-state index in [1.54, 1.807) is 6.20 Å². The third-order valence-electron chi connectivity index (χ3n) is 1.31. The van der Waals surface area contributed by atoms with Crippen LogP contribution in [0.3, 0.4) is 0 Å². The van der Waals surface area contributed by atoms with Gasteiger partial charge in [-0.1, -0.05) is 39.0 Å². The number of hydrogen-bond acceptors (Lipinski definition) is 1. The van der Waals surface area contributed by atoms with Gasteiger partial charge in [-0.2, -0.15) is 0 Å². The van der Waals surface area contributed by atoms with Gasteiger partial charge in [0, 0.05) is 0 Å². The van der Waals surface area contributed by atoms with Crippen LogP contribution in [-0.4, -0.2) is 0 Å². The first-order valence-corrected chi connectivity index (χ1v) is 4.20. The summed E-state index contributed by atoms with van der Waals surface area (Å²) < 4.78 is 0. The summed E-state index contributed by atoms with van der Waals surface area (Å²) in [5.41, 5.74) is 6.66. The minimum Gasteiger partial charge on any atom is -0.405 e. The van der Waals surface area contributed by atoms with Gasteiger partial charge in [0.1, 0.15) is 0 Å². The van der Waals surface area contributed by atoms with Gasteiger partial charge in [0.15, 0.2) is 0 Å². The largest absolute Gasteiger partial charge is 0.405 e. The fourth-order valence-electron chi connectivity index (χ4n) is 0.696. The minimum atomic E-state index is 0.253. The summed E-state index contributed by atoms with van der Waals surface area (Å²) >= 11 is 0.